The molecule has 0 aromatic carbocycles. The van der Waals surface area contributed by atoms with Crippen molar-refractivity contribution in [1.82, 2.24) is 15.1 Å². The lowest BCUT2D eigenvalue weighted by Gasteiger charge is -2.55. The predicted octanol–water partition coefficient (Wildman–Crippen LogP) is 12.5. The van der Waals surface area contributed by atoms with Gasteiger partial charge in [0.25, 0.3) is 0 Å². The van der Waals surface area contributed by atoms with Gasteiger partial charge in [-0.25, -0.2) is 0 Å². The summed E-state index contributed by atoms with van der Waals surface area (Å²) < 4.78 is 0. The zero-order valence-corrected chi connectivity index (χ0v) is 37.5. The molecule has 0 bridgehead atoms. The summed E-state index contributed by atoms with van der Waals surface area (Å²) in [6.45, 7) is 2.86. The van der Waals surface area contributed by atoms with Crippen LogP contribution in [-0.4, -0.2) is 69.6 Å². The van der Waals surface area contributed by atoms with E-state index in [0.717, 1.165) is 118 Å². The Hall–Kier alpha value is 0.230. The summed E-state index contributed by atoms with van der Waals surface area (Å²) in [6, 6.07) is 5.48. The molecule has 5 saturated heterocycles. The Morgan fingerprint density at radius 1 is 0.368 bits per heavy atom. The van der Waals surface area contributed by atoms with Gasteiger partial charge in [-0.2, -0.15) is 11.8 Å². The second-order valence-electron chi connectivity index (χ2n) is 24.3. The number of fused-ring (bicyclic) bond motifs is 7. The van der Waals surface area contributed by atoms with Crippen LogP contribution in [-0.2, 0) is 0 Å². The van der Waals surface area contributed by atoms with Crippen molar-refractivity contribution in [3.05, 3.63) is 0 Å². The van der Waals surface area contributed by atoms with Crippen LogP contribution in [0.4, 0.5) is 0 Å². The Balaban J connectivity index is 0.770. The molecule has 12 fully saturated rings. The van der Waals surface area contributed by atoms with Crippen LogP contribution >= 0.6 is 11.8 Å². The second-order valence-corrected chi connectivity index (χ2v) is 25.7. The molecule has 13 unspecified atom stereocenters. The fourth-order valence-corrected chi connectivity index (χ4v) is 22.0. The van der Waals surface area contributed by atoms with Gasteiger partial charge in [0.1, 0.15) is 0 Å². The maximum Gasteiger partial charge on any atom is 0.0255 e. The fraction of sp³-hybridized carbons (Fsp3) is 1.00. The molecule has 0 spiro atoms. The molecule has 0 aromatic heterocycles. The molecule has 12 rings (SSSR count). The number of rotatable bonds is 5. The summed E-state index contributed by atoms with van der Waals surface area (Å²) in [6.07, 6.45) is 48.1. The Bertz CT molecular complexity index is 1300. The smallest absolute Gasteiger partial charge is 0.0255 e. The molecule has 0 aromatic rings. The third kappa shape index (κ3) is 7.23. The molecule has 5 aliphatic heterocycles. The SMILES string of the molecule is C1CCC(C2CC(C3CCC(N4C5CCC(C6CC7CCCN8CCCC(C6)C78)CC5C5CCC6C7CCCCC7SC6C54)CC3)CC(C3CCCCC3)N2)CC1. The molecule has 1 N–H and O–H groups in total. The van der Waals surface area contributed by atoms with Crippen LogP contribution in [0.3, 0.4) is 0 Å². The number of nitrogens with one attached hydrogen (secondary N) is 1. The average Bonchev–Trinajstić information content (AvgIpc) is 3.83. The first-order chi connectivity index (χ1) is 28.2. The number of likely N-dealkylation sites (tertiary alicyclic amines) is 1. The average molecular weight is 798 g/mol. The molecule has 4 heteroatoms. The molecule has 7 saturated carbocycles. The standard InChI is InChI=1S/C53H87N3S/c1-3-11-35(12-4-1)47-32-41(33-48(54-47)36-13-5-2-6-14-36)34-19-22-42(23-20-34)56-49-26-21-37(40-29-38-15-9-27-55-28-10-16-39(30-40)51(38)55)31-46(49)44-24-25-45-43-17-7-8-18-50(43)57-53(45)52(44)56/h34-54H,1-33H2. The Morgan fingerprint density at radius 2 is 0.965 bits per heavy atom. The van der Waals surface area contributed by atoms with E-state index >= 15 is 0 Å². The summed E-state index contributed by atoms with van der Waals surface area (Å²) in [7, 11) is 0. The van der Waals surface area contributed by atoms with Crippen molar-refractivity contribution < 1.29 is 0 Å². The molecule has 7 aliphatic carbocycles. The number of piperidine rings is 3. The van der Waals surface area contributed by atoms with Gasteiger partial charge in [0, 0.05) is 46.8 Å². The van der Waals surface area contributed by atoms with E-state index < -0.39 is 0 Å². The quantitative estimate of drug-likeness (QED) is 0.299. The van der Waals surface area contributed by atoms with Gasteiger partial charge in [-0.3, -0.25) is 9.80 Å². The van der Waals surface area contributed by atoms with E-state index in [9.17, 15) is 0 Å². The Kier molecular flexibility index (Phi) is 11.4. The molecule has 3 nitrogen and oxygen atoms in total. The van der Waals surface area contributed by atoms with Gasteiger partial charge in [0.2, 0.25) is 0 Å². The molecule has 0 amide bonds. The van der Waals surface area contributed by atoms with Gasteiger partial charge in [-0.05, 0) is 232 Å². The van der Waals surface area contributed by atoms with Gasteiger partial charge in [-0.15, -0.1) is 0 Å². The Morgan fingerprint density at radius 3 is 1.67 bits per heavy atom. The summed E-state index contributed by atoms with van der Waals surface area (Å²) in [5.41, 5.74) is 0. The lowest BCUT2D eigenvalue weighted by atomic mass is 9.58. The first-order valence-corrected chi connectivity index (χ1v) is 28.1. The summed E-state index contributed by atoms with van der Waals surface area (Å²) in [4.78, 5) is 6.48. The molecular formula is C53H87N3S. The van der Waals surface area contributed by atoms with Gasteiger partial charge >= 0.3 is 0 Å². The predicted molar refractivity (Wildman–Crippen MR) is 239 cm³/mol. The van der Waals surface area contributed by atoms with Gasteiger partial charge in [0.05, 0.1) is 0 Å². The first-order valence-electron chi connectivity index (χ1n) is 27.2. The van der Waals surface area contributed by atoms with Crippen LogP contribution < -0.4 is 5.32 Å². The van der Waals surface area contributed by atoms with Crippen molar-refractivity contribution in [3.63, 3.8) is 0 Å². The van der Waals surface area contributed by atoms with Crippen molar-refractivity contribution in [3.8, 4) is 0 Å². The van der Waals surface area contributed by atoms with E-state index in [1.807, 2.05) is 0 Å². The summed E-state index contributed by atoms with van der Waals surface area (Å²) in [5, 5.41) is 6.47. The molecule has 57 heavy (non-hydrogen) atoms. The van der Waals surface area contributed by atoms with Crippen LogP contribution in [0.5, 0.6) is 0 Å². The lowest BCUT2D eigenvalue weighted by Crippen LogP contribution is -2.56. The van der Waals surface area contributed by atoms with Crippen molar-refractivity contribution in [1.29, 1.82) is 0 Å². The topological polar surface area (TPSA) is 18.5 Å². The molecule has 12 aliphatic rings. The van der Waals surface area contributed by atoms with Crippen LogP contribution in [0.25, 0.3) is 0 Å². The van der Waals surface area contributed by atoms with E-state index in [4.69, 9.17) is 0 Å². The molecule has 0 radical (unpaired) electrons. The Labute approximate surface area is 355 Å². The highest BCUT2D eigenvalue weighted by molar-refractivity contribution is 8.00. The molecule has 5 heterocycles. The van der Waals surface area contributed by atoms with Crippen molar-refractivity contribution in [2.24, 2.45) is 71.0 Å². The third-order valence-corrected chi connectivity index (χ3v) is 23.8. The summed E-state index contributed by atoms with van der Waals surface area (Å²) >= 11 is 2.62. The minimum Gasteiger partial charge on any atom is -0.311 e. The molecule has 13 atom stereocenters. The van der Waals surface area contributed by atoms with E-state index in [1.165, 1.54) is 109 Å². The highest BCUT2D eigenvalue weighted by atomic mass is 32.2. The number of hydrogen-bond donors (Lipinski definition) is 1. The monoisotopic (exact) mass is 798 g/mol. The van der Waals surface area contributed by atoms with E-state index in [-0.39, 0.29) is 0 Å². The number of thioether (sulfide) groups is 1. The highest BCUT2D eigenvalue weighted by Gasteiger charge is 2.62. The van der Waals surface area contributed by atoms with E-state index in [1.54, 1.807) is 103 Å². The van der Waals surface area contributed by atoms with E-state index in [0.29, 0.717) is 0 Å². The lowest BCUT2D eigenvalue weighted by molar-refractivity contribution is -0.0476. The minimum atomic E-state index is 0.844. The summed E-state index contributed by atoms with van der Waals surface area (Å²) in [5.74, 6) is 12.5. The maximum atomic E-state index is 4.46. The van der Waals surface area contributed by atoms with E-state index in [2.05, 4.69) is 26.9 Å². The number of hydrogen-bond acceptors (Lipinski definition) is 4. The first kappa shape index (κ1) is 38.9. The van der Waals surface area contributed by atoms with Crippen LogP contribution in [0.1, 0.15) is 199 Å². The minimum absolute atomic E-state index is 0.844. The third-order valence-electron chi connectivity index (χ3n) is 22.0. The van der Waals surface area contributed by atoms with Gasteiger partial charge < -0.3 is 5.32 Å². The fourth-order valence-electron chi connectivity index (χ4n) is 19.7. The second kappa shape index (κ2) is 16.7. The molecule has 320 valence electrons. The molecular weight excluding hydrogens is 711 g/mol. The van der Waals surface area contributed by atoms with Crippen molar-refractivity contribution in [2.75, 3.05) is 13.1 Å². The largest absolute Gasteiger partial charge is 0.311 e. The van der Waals surface area contributed by atoms with Crippen molar-refractivity contribution >= 4 is 11.8 Å². The maximum absolute atomic E-state index is 4.46. The number of nitrogens with zero attached hydrogens (tertiary/aromatic N) is 2. The van der Waals surface area contributed by atoms with Crippen LogP contribution in [0, 0.1) is 71.0 Å². The van der Waals surface area contributed by atoms with Gasteiger partial charge in [-0.1, -0.05) is 51.4 Å². The van der Waals surface area contributed by atoms with Crippen LogP contribution in [0.15, 0.2) is 0 Å². The zero-order chi connectivity index (χ0) is 37.5. The van der Waals surface area contributed by atoms with Crippen molar-refractivity contribution in [2.45, 2.75) is 246 Å². The van der Waals surface area contributed by atoms with Crippen LogP contribution in [0.2, 0.25) is 0 Å². The normalized spacial score (nSPS) is 52.6. The zero-order valence-electron chi connectivity index (χ0n) is 36.7. The highest BCUT2D eigenvalue weighted by Crippen LogP contribution is 2.63. The van der Waals surface area contributed by atoms with Gasteiger partial charge in [0.15, 0.2) is 0 Å².